The third-order valence-corrected chi connectivity index (χ3v) is 4.63. The molecule has 1 aromatic rings. The van der Waals surface area contributed by atoms with Crippen molar-refractivity contribution in [3.8, 4) is 0 Å². The maximum atomic E-state index is 9.29. The van der Waals surface area contributed by atoms with Crippen molar-refractivity contribution >= 4 is 5.96 Å². The van der Waals surface area contributed by atoms with Crippen LogP contribution >= 0.6 is 0 Å². The number of hydrogen-bond acceptors (Lipinski definition) is 3. The average Bonchev–Trinajstić information content (AvgIpc) is 3.05. The first-order chi connectivity index (χ1) is 11.2. The minimum atomic E-state index is 0.0252. The second-order valence-corrected chi connectivity index (χ2v) is 6.39. The van der Waals surface area contributed by atoms with Crippen LogP contribution in [0.15, 0.2) is 35.3 Å². The van der Waals surface area contributed by atoms with Gasteiger partial charge >= 0.3 is 0 Å². The van der Waals surface area contributed by atoms with Crippen LogP contribution in [0.3, 0.4) is 0 Å². The van der Waals surface area contributed by atoms with Gasteiger partial charge < -0.3 is 20.5 Å². The Morgan fingerprint density at radius 1 is 1.35 bits per heavy atom. The summed E-state index contributed by atoms with van der Waals surface area (Å²) >= 11 is 0. The number of benzene rings is 1. The third-order valence-electron chi connectivity index (χ3n) is 4.63. The number of aliphatic hydroxyl groups excluding tert-OH is 1. The second kappa shape index (κ2) is 8.89. The van der Waals surface area contributed by atoms with Gasteiger partial charge in [-0.2, -0.15) is 0 Å². The SMILES string of the molecule is CN=C(NCC(C)c1ccccc1)NCC1(CCO)CCOC1. The van der Waals surface area contributed by atoms with Crippen LogP contribution in [-0.4, -0.2) is 51.0 Å². The maximum absolute atomic E-state index is 9.29. The summed E-state index contributed by atoms with van der Waals surface area (Å²) in [4.78, 5) is 4.30. The number of aliphatic hydroxyl groups is 1. The number of hydrogen-bond donors (Lipinski definition) is 3. The van der Waals surface area contributed by atoms with Crippen LogP contribution in [0.1, 0.15) is 31.2 Å². The molecule has 2 unspecified atom stereocenters. The molecule has 5 nitrogen and oxygen atoms in total. The van der Waals surface area contributed by atoms with Crippen molar-refractivity contribution in [3.05, 3.63) is 35.9 Å². The highest BCUT2D eigenvalue weighted by molar-refractivity contribution is 5.79. The van der Waals surface area contributed by atoms with Gasteiger partial charge in [0.05, 0.1) is 6.61 Å². The molecule has 0 radical (unpaired) electrons. The van der Waals surface area contributed by atoms with Crippen LogP contribution in [0.5, 0.6) is 0 Å². The van der Waals surface area contributed by atoms with Crippen molar-refractivity contribution in [2.75, 3.05) is 40.0 Å². The fourth-order valence-electron chi connectivity index (χ4n) is 2.95. The Hall–Kier alpha value is -1.59. The molecular formula is C18H29N3O2. The summed E-state index contributed by atoms with van der Waals surface area (Å²) in [6.07, 6.45) is 1.75. The molecule has 0 spiro atoms. The topological polar surface area (TPSA) is 65.9 Å². The number of guanidine groups is 1. The molecule has 1 saturated heterocycles. The highest BCUT2D eigenvalue weighted by atomic mass is 16.5. The molecule has 2 atom stereocenters. The lowest BCUT2D eigenvalue weighted by Gasteiger charge is -2.28. The van der Waals surface area contributed by atoms with Gasteiger partial charge in [-0.1, -0.05) is 37.3 Å². The molecule has 23 heavy (non-hydrogen) atoms. The molecule has 0 aliphatic carbocycles. The van der Waals surface area contributed by atoms with E-state index in [1.807, 2.05) is 6.07 Å². The van der Waals surface area contributed by atoms with Crippen molar-refractivity contribution in [1.82, 2.24) is 10.6 Å². The van der Waals surface area contributed by atoms with Crippen LogP contribution in [-0.2, 0) is 4.74 Å². The van der Waals surface area contributed by atoms with E-state index in [0.717, 1.165) is 38.5 Å². The van der Waals surface area contributed by atoms with Gasteiger partial charge in [-0.25, -0.2) is 0 Å². The summed E-state index contributed by atoms with van der Waals surface area (Å²) in [6, 6.07) is 10.5. The van der Waals surface area contributed by atoms with E-state index >= 15 is 0 Å². The van der Waals surface area contributed by atoms with Crippen LogP contribution in [0, 0.1) is 5.41 Å². The second-order valence-electron chi connectivity index (χ2n) is 6.39. The maximum Gasteiger partial charge on any atom is 0.191 e. The van der Waals surface area contributed by atoms with Gasteiger partial charge in [0.15, 0.2) is 5.96 Å². The number of aliphatic imine (C=N–C) groups is 1. The highest BCUT2D eigenvalue weighted by Crippen LogP contribution is 2.31. The van der Waals surface area contributed by atoms with E-state index in [2.05, 4.69) is 46.8 Å². The lowest BCUT2D eigenvalue weighted by atomic mass is 9.84. The Morgan fingerprint density at radius 3 is 2.74 bits per heavy atom. The zero-order chi connectivity index (χ0) is 16.5. The van der Waals surface area contributed by atoms with Crippen LogP contribution < -0.4 is 10.6 Å². The molecule has 0 amide bonds. The van der Waals surface area contributed by atoms with Gasteiger partial charge in [-0.15, -0.1) is 0 Å². The quantitative estimate of drug-likeness (QED) is 0.529. The first kappa shape index (κ1) is 17.8. The van der Waals surface area contributed by atoms with E-state index in [-0.39, 0.29) is 12.0 Å². The third kappa shape index (κ3) is 5.22. The van der Waals surface area contributed by atoms with Gasteiger partial charge in [-0.3, -0.25) is 4.99 Å². The standard InChI is InChI=1S/C18H29N3O2/c1-15(16-6-4-3-5-7-16)12-20-17(19-2)21-13-18(8-10-22)9-11-23-14-18/h3-7,15,22H,8-14H2,1-2H3,(H2,19,20,21). The molecule has 1 fully saturated rings. The normalized spacial score (nSPS) is 22.8. The molecule has 3 N–H and O–H groups in total. The van der Waals surface area contributed by atoms with Gasteiger partial charge in [0.1, 0.15) is 0 Å². The Morgan fingerprint density at radius 2 is 2.13 bits per heavy atom. The minimum Gasteiger partial charge on any atom is -0.396 e. The molecule has 128 valence electrons. The fraction of sp³-hybridized carbons (Fsp3) is 0.611. The summed E-state index contributed by atoms with van der Waals surface area (Å²) in [5.74, 6) is 1.22. The van der Waals surface area contributed by atoms with Gasteiger partial charge in [0, 0.05) is 38.8 Å². The first-order valence-electron chi connectivity index (χ1n) is 8.37. The van der Waals surface area contributed by atoms with E-state index in [4.69, 9.17) is 4.74 Å². The summed E-state index contributed by atoms with van der Waals surface area (Å²) in [6.45, 7) is 5.48. The Kier molecular flexibility index (Phi) is 6.86. The predicted octanol–water partition coefficient (Wildman–Crippen LogP) is 1.74. The predicted molar refractivity (Wildman–Crippen MR) is 93.8 cm³/mol. The molecule has 0 bridgehead atoms. The van der Waals surface area contributed by atoms with Crippen molar-refractivity contribution in [2.45, 2.75) is 25.7 Å². The van der Waals surface area contributed by atoms with Crippen molar-refractivity contribution in [1.29, 1.82) is 0 Å². The molecule has 5 heteroatoms. The summed E-state index contributed by atoms with van der Waals surface area (Å²) in [7, 11) is 1.78. The van der Waals surface area contributed by atoms with Crippen molar-refractivity contribution < 1.29 is 9.84 Å². The largest absolute Gasteiger partial charge is 0.396 e. The Balaban J connectivity index is 1.81. The average molecular weight is 319 g/mol. The monoisotopic (exact) mass is 319 g/mol. The molecule has 2 rings (SSSR count). The smallest absolute Gasteiger partial charge is 0.191 e. The lowest BCUT2D eigenvalue weighted by Crippen LogP contribution is -2.45. The molecule has 0 aromatic heterocycles. The van der Waals surface area contributed by atoms with E-state index in [9.17, 15) is 5.11 Å². The lowest BCUT2D eigenvalue weighted by molar-refractivity contribution is 0.127. The van der Waals surface area contributed by atoms with Crippen LogP contribution in [0.25, 0.3) is 0 Å². The zero-order valence-electron chi connectivity index (χ0n) is 14.2. The zero-order valence-corrected chi connectivity index (χ0v) is 14.2. The number of nitrogens with zero attached hydrogens (tertiary/aromatic N) is 1. The number of nitrogens with one attached hydrogen (secondary N) is 2. The molecule has 1 aromatic carbocycles. The molecule has 0 saturated carbocycles. The van der Waals surface area contributed by atoms with Gasteiger partial charge in [0.2, 0.25) is 0 Å². The highest BCUT2D eigenvalue weighted by Gasteiger charge is 2.34. The van der Waals surface area contributed by atoms with Crippen LogP contribution in [0.4, 0.5) is 0 Å². The fourth-order valence-corrected chi connectivity index (χ4v) is 2.95. The van der Waals surface area contributed by atoms with E-state index in [0.29, 0.717) is 12.5 Å². The minimum absolute atomic E-state index is 0.0252. The molecule has 1 aliphatic rings. The summed E-state index contributed by atoms with van der Waals surface area (Å²) in [5, 5.41) is 16.1. The van der Waals surface area contributed by atoms with E-state index < -0.39 is 0 Å². The summed E-state index contributed by atoms with van der Waals surface area (Å²) in [5.41, 5.74) is 1.34. The first-order valence-corrected chi connectivity index (χ1v) is 8.37. The van der Waals surface area contributed by atoms with Crippen molar-refractivity contribution in [2.24, 2.45) is 10.4 Å². The Labute approximate surface area is 139 Å². The van der Waals surface area contributed by atoms with Gasteiger partial charge in [0.25, 0.3) is 0 Å². The van der Waals surface area contributed by atoms with E-state index in [1.54, 1.807) is 7.05 Å². The Bertz CT molecular complexity index is 484. The van der Waals surface area contributed by atoms with Gasteiger partial charge in [-0.05, 0) is 24.3 Å². The van der Waals surface area contributed by atoms with Crippen LogP contribution in [0.2, 0.25) is 0 Å². The molecular weight excluding hydrogens is 290 g/mol. The summed E-state index contributed by atoms with van der Waals surface area (Å²) < 4.78 is 5.52. The van der Waals surface area contributed by atoms with E-state index in [1.165, 1.54) is 5.56 Å². The number of rotatable bonds is 7. The molecule has 1 aliphatic heterocycles. The molecule has 1 heterocycles. The number of ether oxygens (including phenoxy) is 1. The van der Waals surface area contributed by atoms with Crippen molar-refractivity contribution in [3.63, 3.8) is 0 Å².